The predicted molar refractivity (Wildman–Crippen MR) is 120 cm³/mol. The van der Waals surface area contributed by atoms with E-state index in [2.05, 4.69) is 28.4 Å². The lowest BCUT2D eigenvalue weighted by atomic mass is 9.99. The Balaban J connectivity index is 1.63. The van der Waals surface area contributed by atoms with Crippen LogP contribution in [-0.2, 0) is 15.8 Å². The van der Waals surface area contributed by atoms with Gasteiger partial charge in [0.1, 0.15) is 0 Å². The first-order valence-corrected chi connectivity index (χ1v) is 11.9. The van der Waals surface area contributed by atoms with Crippen LogP contribution in [0.25, 0.3) is 0 Å². The molecule has 1 unspecified atom stereocenters. The van der Waals surface area contributed by atoms with Crippen LogP contribution in [0.2, 0.25) is 0 Å². The van der Waals surface area contributed by atoms with E-state index in [0.717, 1.165) is 29.8 Å². The van der Waals surface area contributed by atoms with E-state index in [1.807, 2.05) is 27.8 Å². The van der Waals surface area contributed by atoms with Gasteiger partial charge in [-0.3, -0.25) is 4.79 Å². The zero-order valence-electron chi connectivity index (χ0n) is 18.2. The summed E-state index contributed by atoms with van der Waals surface area (Å²) < 4.78 is 26.9. The minimum atomic E-state index is -3.35. The lowest BCUT2D eigenvalue weighted by Gasteiger charge is -2.31. The SMILES string of the molecule is Cc1ccc(C)c(C(C)NC(=O)c2ccc(CS(=O)(=O)N3CCN(C)CC3)cc2)c1. The minimum absolute atomic E-state index is 0.0441. The van der Waals surface area contributed by atoms with E-state index in [9.17, 15) is 13.2 Å². The van der Waals surface area contributed by atoms with E-state index in [-0.39, 0.29) is 17.7 Å². The van der Waals surface area contributed by atoms with Crippen molar-refractivity contribution in [1.82, 2.24) is 14.5 Å². The maximum absolute atomic E-state index is 12.7. The van der Waals surface area contributed by atoms with Crippen molar-refractivity contribution in [3.8, 4) is 0 Å². The third-order valence-corrected chi connectivity index (χ3v) is 7.52. The van der Waals surface area contributed by atoms with Gasteiger partial charge in [0.2, 0.25) is 10.0 Å². The standard InChI is InChI=1S/C23H31N3O3S/c1-17-5-6-18(2)22(15-17)19(3)24-23(27)21-9-7-20(8-10-21)16-30(28,29)26-13-11-25(4)12-14-26/h5-10,15,19H,11-14,16H2,1-4H3,(H,24,27). The number of amides is 1. The molecule has 3 rings (SSSR count). The average molecular weight is 430 g/mol. The minimum Gasteiger partial charge on any atom is -0.346 e. The van der Waals surface area contributed by atoms with E-state index in [0.29, 0.717) is 24.2 Å². The third-order valence-electron chi connectivity index (χ3n) is 5.67. The molecule has 0 aliphatic carbocycles. The number of nitrogens with zero attached hydrogens (tertiary/aromatic N) is 2. The van der Waals surface area contributed by atoms with Gasteiger partial charge < -0.3 is 10.2 Å². The van der Waals surface area contributed by atoms with Crippen LogP contribution < -0.4 is 5.32 Å². The third kappa shape index (κ3) is 5.47. The number of hydrogen-bond acceptors (Lipinski definition) is 4. The first-order chi connectivity index (χ1) is 14.2. The lowest BCUT2D eigenvalue weighted by Crippen LogP contribution is -2.47. The molecule has 0 aromatic heterocycles. The van der Waals surface area contributed by atoms with Crippen LogP contribution in [0, 0.1) is 13.8 Å². The number of likely N-dealkylation sites (N-methyl/N-ethyl adjacent to an activating group) is 1. The quantitative estimate of drug-likeness (QED) is 0.767. The molecule has 2 aromatic rings. The summed E-state index contributed by atoms with van der Waals surface area (Å²) in [5.74, 6) is -0.214. The van der Waals surface area contributed by atoms with Gasteiger partial charge in [-0.2, -0.15) is 4.31 Å². The zero-order chi connectivity index (χ0) is 21.9. The summed E-state index contributed by atoms with van der Waals surface area (Å²) in [5.41, 5.74) is 4.60. The maximum atomic E-state index is 12.7. The Hall–Kier alpha value is -2.22. The number of hydrogen-bond donors (Lipinski definition) is 1. The molecule has 1 amide bonds. The Morgan fingerprint density at radius 1 is 1.03 bits per heavy atom. The molecule has 162 valence electrons. The molecular weight excluding hydrogens is 398 g/mol. The molecule has 2 aromatic carbocycles. The van der Waals surface area contributed by atoms with Crippen molar-refractivity contribution in [2.75, 3.05) is 33.2 Å². The Kier molecular flexibility index (Phi) is 6.95. The van der Waals surface area contributed by atoms with Crippen molar-refractivity contribution in [3.63, 3.8) is 0 Å². The molecule has 1 aliphatic rings. The predicted octanol–water partition coefficient (Wildman–Crippen LogP) is 2.87. The second kappa shape index (κ2) is 9.29. The molecular formula is C23H31N3O3S. The highest BCUT2D eigenvalue weighted by molar-refractivity contribution is 7.88. The number of benzene rings is 2. The first-order valence-electron chi connectivity index (χ1n) is 10.3. The molecule has 1 atom stereocenters. The van der Waals surface area contributed by atoms with Crippen molar-refractivity contribution >= 4 is 15.9 Å². The first kappa shape index (κ1) is 22.5. The topological polar surface area (TPSA) is 69.7 Å². The molecule has 1 aliphatic heterocycles. The maximum Gasteiger partial charge on any atom is 0.251 e. The van der Waals surface area contributed by atoms with Gasteiger partial charge in [-0.25, -0.2) is 8.42 Å². The van der Waals surface area contributed by atoms with E-state index < -0.39 is 10.0 Å². The molecule has 1 saturated heterocycles. The zero-order valence-corrected chi connectivity index (χ0v) is 19.0. The van der Waals surface area contributed by atoms with Crippen molar-refractivity contribution in [2.24, 2.45) is 0 Å². The molecule has 0 saturated carbocycles. The molecule has 6 nitrogen and oxygen atoms in total. The van der Waals surface area contributed by atoms with Gasteiger partial charge in [-0.1, -0.05) is 35.9 Å². The fraction of sp³-hybridized carbons (Fsp3) is 0.435. The molecule has 30 heavy (non-hydrogen) atoms. The van der Waals surface area contributed by atoms with Gasteiger partial charge in [0.15, 0.2) is 0 Å². The van der Waals surface area contributed by atoms with E-state index >= 15 is 0 Å². The van der Waals surface area contributed by atoms with Crippen LogP contribution >= 0.6 is 0 Å². The van der Waals surface area contributed by atoms with E-state index in [4.69, 9.17) is 0 Å². The van der Waals surface area contributed by atoms with Gasteiger partial charge in [0.05, 0.1) is 11.8 Å². The number of carbonyl (C=O) groups is 1. The van der Waals surface area contributed by atoms with Crippen molar-refractivity contribution in [3.05, 3.63) is 70.3 Å². The Labute approximate surface area is 179 Å². The van der Waals surface area contributed by atoms with Crippen LogP contribution in [-0.4, -0.2) is 56.8 Å². The summed E-state index contributed by atoms with van der Waals surface area (Å²) in [6, 6.07) is 12.9. The van der Waals surface area contributed by atoms with Crippen molar-refractivity contribution < 1.29 is 13.2 Å². The molecule has 7 heteroatoms. The number of aryl methyl sites for hydroxylation is 2. The normalized spacial score (nSPS) is 16.9. The summed E-state index contributed by atoms with van der Waals surface area (Å²) in [4.78, 5) is 14.8. The summed E-state index contributed by atoms with van der Waals surface area (Å²) in [6.45, 7) is 8.58. The summed E-state index contributed by atoms with van der Waals surface area (Å²) in [7, 11) is -1.36. The van der Waals surface area contributed by atoms with Gasteiger partial charge in [0.25, 0.3) is 5.91 Å². The molecule has 0 bridgehead atoms. The molecule has 1 fully saturated rings. The summed E-state index contributed by atoms with van der Waals surface area (Å²) in [5, 5.41) is 3.03. The van der Waals surface area contributed by atoms with Crippen molar-refractivity contribution in [1.29, 1.82) is 0 Å². The van der Waals surface area contributed by atoms with Crippen LogP contribution in [0.5, 0.6) is 0 Å². The highest BCUT2D eigenvalue weighted by atomic mass is 32.2. The average Bonchev–Trinajstić information content (AvgIpc) is 2.70. The van der Waals surface area contributed by atoms with Crippen LogP contribution in [0.15, 0.2) is 42.5 Å². The van der Waals surface area contributed by atoms with Crippen LogP contribution in [0.3, 0.4) is 0 Å². The smallest absolute Gasteiger partial charge is 0.251 e. The van der Waals surface area contributed by atoms with Gasteiger partial charge in [-0.15, -0.1) is 0 Å². The Bertz CT molecular complexity index is 995. The largest absolute Gasteiger partial charge is 0.346 e. The highest BCUT2D eigenvalue weighted by Gasteiger charge is 2.26. The number of nitrogens with one attached hydrogen (secondary N) is 1. The summed E-state index contributed by atoms with van der Waals surface area (Å²) >= 11 is 0. The molecule has 1 N–H and O–H groups in total. The Morgan fingerprint density at radius 2 is 1.67 bits per heavy atom. The molecule has 0 radical (unpaired) electrons. The van der Waals surface area contributed by atoms with Gasteiger partial charge >= 0.3 is 0 Å². The van der Waals surface area contributed by atoms with Gasteiger partial charge in [-0.05, 0) is 56.6 Å². The fourth-order valence-corrected chi connectivity index (χ4v) is 5.22. The second-order valence-electron chi connectivity index (χ2n) is 8.21. The second-order valence-corrected chi connectivity index (χ2v) is 10.2. The van der Waals surface area contributed by atoms with Crippen LogP contribution in [0.4, 0.5) is 0 Å². The molecule has 0 spiro atoms. The number of carbonyl (C=O) groups excluding carboxylic acids is 1. The number of rotatable bonds is 6. The monoisotopic (exact) mass is 429 g/mol. The Morgan fingerprint density at radius 3 is 2.30 bits per heavy atom. The van der Waals surface area contributed by atoms with Gasteiger partial charge in [0, 0.05) is 31.7 Å². The van der Waals surface area contributed by atoms with Crippen LogP contribution in [0.1, 0.15) is 45.6 Å². The van der Waals surface area contributed by atoms with Crippen molar-refractivity contribution in [2.45, 2.75) is 32.6 Å². The fourth-order valence-electron chi connectivity index (χ4n) is 3.70. The highest BCUT2D eigenvalue weighted by Crippen LogP contribution is 2.20. The lowest BCUT2D eigenvalue weighted by molar-refractivity contribution is 0.0940. The van der Waals surface area contributed by atoms with E-state index in [1.165, 1.54) is 0 Å². The van der Waals surface area contributed by atoms with E-state index in [1.54, 1.807) is 28.6 Å². The molecule has 1 heterocycles. The number of piperazine rings is 1. The number of sulfonamides is 1. The summed E-state index contributed by atoms with van der Waals surface area (Å²) in [6.07, 6.45) is 0.